The minimum Gasteiger partial charge on any atom is -0.381 e. The van der Waals surface area contributed by atoms with E-state index in [0.29, 0.717) is 5.92 Å². The van der Waals surface area contributed by atoms with Gasteiger partial charge in [-0.05, 0) is 50.9 Å². The number of rotatable bonds is 1. The molecule has 3 saturated heterocycles. The molecule has 0 aromatic carbocycles. The zero-order valence-corrected chi connectivity index (χ0v) is 11.9. The van der Waals surface area contributed by atoms with Crippen LogP contribution in [0.4, 0.5) is 0 Å². The molecule has 4 heteroatoms. The van der Waals surface area contributed by atoms with Crippen LogP contribution < -0.4 is 5.73 Å². The van der Waals surface area contributed by atoms with E-state index >= 15 is 0 Å². The van der Waals surface area contributed by atoms with Crippen molar-refractivity contribution in [2.45, 2.75) is 56.1 Å². The molecule has 0 saturated carbocycles. The van der Waals surface area contributed by atoms with Gasteiger partial charge in [-0.2, -0.15) is 0 Å². The molecule has 3 aliphatic heterocycles. The van der Waals surface area contributed by atoms with E-state index in [1.54, 1.807) is 0 Å². The lowest BCUT2D eigenvalue weighted by Gasteiger charge is -2.48. The molecule has 3 fully saturated rings. The van der Waals surface area contributed by atoms with E-state index in [9.17, 15) is 0 Å². The lowest BCUT2D eigenvalue weighted by atomic mass is 9.69. The highest BCUT2D eigenvalue weighted by molar-refractivity contribution is 4.99. The van der Waals surface area contributed by atoms with Gasteiger partial charge in [-0.3, -0.25) is 0 Å². The van der Waals surface area contributed by atoms with Crippen molar-refractivity contribution in [3.8, 4) is 0 Å². The van der Waals surface area contributed by atoms with Crippen LogP contribution in [-0.4, -0.2) is 44.2 Å². The molecule has 3 rings (SSSR count). The van der Waals surface area contributed by atoms with E-state index in [2.05, 4.69) is 0 Å². The molecule has 3 aliphatic rings. The molecule has 1 spiro atoms. The second-order valence-electron chi connectivity index (χ2n) is 6.53. The van der Waals surface area contributed by atoms with Crippen molar-refractivity contribution in [2.24, 2.45) is 11.7 Å². The largest absolute Gasteiger partial charge is 0.381 e. The van der Waals surface area contributed by atoms with E-state index in [-0.39, 0.29) is 11.1 Å². The molecule has 19 heavy (non-hydrogen) atoms. The Bertz CT molecular complexity index is 288. The van der Waals surface area contributed by atoms with Crippen molar-refractivity contribution in [2.75, 3.05) is 33.0 Å². The Morgan fingerprint density at radius 3 is 2.42 bits per heavy atom. The van der Waals surface area contributed by atoms with Crippen LogP contribution >= 0.6 is 0 Å². The normalized spacial score (nSPS) is 39.9. The van der Waals surface area contributed by atoms with E-state index in [4.69, 9.17) is 19.9 Å². The lowest BCUT2D eigenvalue weighted by molar-refractivity contribution is -0.155. The summed E-state index contributed by atoms with van der Waals surface area (Å²) in [5.74, 6) is 0.584. The first-order valence-electron chi connectivity index (χ1n) is 7.81. The Hall–Kier alpha value is -0.160. The van der Waals surface area contributed by atoms with Gasteiger partial charge in [0.2, 0.25) is 0 Å². The summed E-state index contributed by atoms with van der Waals surface area (Å²) in [5.41, 5.74) is 6.78. The Balaban J connectivity index is 1.69. The van der Waals surface area contributed by atoms with Crippen molar-refractivity contribution in [3.63, 3.8) is 0 Å². The van der Waals surface area contributed by atoms with Gasteiger partial charge in [-0.25, -0.2) is 0 Å². The zero-order valence-electron chi connectivity index (χ0n) is 11.9. The lowest BCUT2D eigenvalue weighted by Crippen LogP contribution is -2.55. The van der Waals surface area contributed by atoms with Crippen LogP contribution in [-0.2, 0) is 14.2 Å². The summed E-state index contributed by atoms with van der Waals surface area (Å²) in [4.78, 5) is 0. The van der Waals surface area contributed by atoms with Gasteiger partial charge in [0, 0.05) is 38.6 Å². The molecule has 2 atom stereocenters. The summed E-state index contributed by atoms with van der Waals surface area (Å²) in [6, 6.07) is 0. The predicted molar refractivity (Wildman–Crippen MR) is 73.0 cm³/mol. The molecule has 110 valence electrons. The topological polar surface area (TPSA) is 53.7 Å². The maximum atomic E-state index is 6.76. The fraction of sp³-hybridized carbons (Fsp3) is 1.00. The first-order valence-corrected chi connectivity index (χ1v) is 7.81. The van der Waals surface area contributed by atoms with Crippen molar-refractivity contribution in [1.82, 2.24) is 0 Å². The molecule has 0 radical (unpaired) electrons. The molecular weight excluding hydrogens is 242 g/mol. The van der Waals surface area contributed by atoms with Crippen LogP contribution in [0.1, 0.15) is 44.9 Å². The van der Waals surface area contributed by atoms with E-state index < -0.39 is 0 Å². The Kier molecular flexibility index (Phi) is 4.13. The van der Waals surface area contributed by atoms with Gasteiger partial charge in [0.15, 0.2) is 0 Å². The second-order valence-corrected chi connectivity index (χ2v) is 6.53. The van der Waals surface area contributed by atoms with E-state index in [1.165, 1.54) is 0 Å². The Morgan fingerprint density at radius 1 is 0.842 bits per heavy atom. The monoisotopic (exact) mass is 269 g/mol. The zero-order chi connectivity index (χ0) is 13.2. The molecule has 0 aromatic heterocycles. The minimum absolute atomic E-state index is 0.0361. The molecule has 0 amide bonds. The third kappa shape index (κ3) is 2.97. The average molecular weight is 269 g/mol. The van der Waals surface area contributed by atoms with Gasteiger partial charge in [-0.15, -0.1) is 0 Å². The van der Waals surface area contributed by atoms with Crippen LogP contribution in [0.25, 0.3) is 0 Å². The Labute approximate surface area is 116 Å². The smallest absolute Gasteiger partial charge is 0.0729 e. The summed E-state index contributed by atoms with van der Waals surface area (Å²) in [6.07, 6.45) is 7.51. The standard InChI is InChI=1S/C15H27NO3/c16-15(3-1-7-17-11-6-15)13-2-8-19-14(12-13)4-9-18-10-5-14/h13H,1-12,16H2. The molecule has 3 heterocycles. The van der Waals surface area contributed by atoms with Crippen LogP contribution in [0, 0.1) is 5.92 Å². The summed E-state index contributed by atoms with van der Waals surface area (Å²) < 4.78 is 17.2. The van der Waals surface area contributed by atoms with Crippen LogP contribution in [0.15, 0.2) is 0 Å². The fourth-order valence-electron chi connectivity index (χ4n) is 4.01. The summed E-state index contributed by atoms with van der Waals surface area (Å²) in [5, 5.41) is 0. The highest BCUT2D eigenvalue weighted by atomic mass is 16.5. The number of ether oxygens (including phenoxy) is 3. The van der Waals surface area contributed by atoms with Crippen LogP contribution in [0.2, 0.25) is 0 Å². The molecule has 2 unspecified atom stereocenters. The van der Waals surface area contributed by atoms with Crippen molar-refractivity contribution < 1.29 is 14.2 Å². The minimum atomic E-state index is -0.0361. The molecule has 2 N–H and O–H groups in total. The van der Waals surface area contributed by atoms with Gasteiger partial charge >= 0.3 is 0 Å². The van der Waals surface area contributed by atoms with Gasteiger partial charge in [0.05, 0.1) is 5.60 Å². The number of hydrogen-bond acceptors (Lipinski definition) is 4. The van der Waals surface area contributed by atoms with Gasteiger partial charge < -0.3 is 19.9 Å². The maximum Gasteiger partial charge on any atom is 0.0729 e. The molecular formula is C15H27NO3. The third-order valence-corrected chi connectivity index (χ3v) is 5.35. The van der Waals surface area contributed by atoms with Gasteiger partial charge in [0.25, 0.3) is 0 Å². The van der Waals surface area contributed by atoms with Gasteiger partial charge in [-0.1, -0.05) is 0 Å². The van der Waals surface area contributed by atoms with Crippen LogP contribution in [0.3, 0.4) is 0 Å². The first-order chi connectivity index (χ1) is 9.23. The summed E-state index contributed by atoms with van der Waals surface area (Å²) >= 11 is 0. The SMILES string of the molecule is NC1(C2CCOC3(CCOCC3)C2)CCCOCC1. The quantitative estimate of drug-likeness (QED) is 0.789. The predicted octanol–water partition coefficient (Wildman–Crippen LogP) is 1.86. The maximum absolute atomic E-state index is 6.76. The second kappa shape index (κ2) is 5.68. The van der Waals surface area contributed by atoms with Crippen molar-refractivity contribution in [3.05, 3.63) is 0 Å². The molecule has 0 aromatic rings. The summed E-state index contributed by atoms with van der Waals surface area (Å²) in [7, 11) is 0. The Morgan fingerprint density at radius 2 is 1.58 bits per heavy atom. The highest BCUT2D eigenvalue weighted by Gasteiger charge is 2.45. The number of hydrogen-bond donors (Lipinski definition) is 1. The number of nitrogens with two attached hydrogens (primary N) is 1. The van der Waals surface area contributed by atoms with E-state index in [0.717, 1.165) is 78.0 Å². The van der Waals surface area contributed by atoms with Crippen LogP contribution in [0.5, 0.6) is 0 Å². The fourth-order valence-corrected chi connectivity index (χ4v) is 4.01. The van der Waals surface area contributed by atoms with Crippen molar-refractivity contribution >= 4 is 0 Å². The van der Waals surface area contributed by atoms with Crippen molar-refractivity contribution in [1.29, 1.82) is 0 Å². The van der Waals surface area contributed by atoms with E-state index in [1.807, 2.05) is 0 Å². The average Bonchev–Trinajstić information content (AvgIpc) is 2.66. The van der Waals surface area contributed by atoms with Gasteiger partial charge in [0.1, 0.15) is 0 Å². The first kappa shape index (κ1) is 13.8. The molecule has 0 bridgehead atoms. The summed E-state index contributed by atoms with van der Waals surface area (Å²) in [6.45, 7) is 4.25. The highest BCUT2D eigenvalue weighted by Crippen LogP contribution is 2.43. The third-order valence-electron chi connectivity index (χ3n) is 5.35. The molecule has 4 nitrogen and oxygen atoms in total. The molecule has 0 aliphatic carbocycles.